The van der Waals surface area contributed by atoms with Crippen molar-refractivity contribution < 1.29 is 4.79 Å². The van der Waals surface area contributed by atoms with Crippen LogP contribution in [-0.2, 0) is 19.4 Å². The molecule has 1 aliphatic heterocycles. The SMILES string of the molecule is CCc1cccc(NC(=O)c2ccc3c(c2)CNCC3)c1. The van der Waals surface area contributed by atoms with E-state index < -0.39 is 0 Å². The molecule has 0 saturated carbocycles. The van der Waals surface area contributed by atoms with E-state index in [-0.39, 0.29) is 5.91 Å². The van der Waals surface area contributed by atoms with Gasteiger partial charge in [-0.3, -0.25) is 4.79 Å². The number of nitrogens with one attached hydrogen (secondary N) is 2. The molecule has 3 heteroatoms. The molecule has 0 atom stereocenters. The van der Waals surface area contributed by atoms with Crippen molar-refractivity contribution in [1.29, 1.82) is 0 Å². The molecule has 0 bridgehead atoms. The Balaban J connectivity index is 1.78. The number of carbonyl (C=O) groups excluding carboxylic acids is 1. The monoisotopic (exact) mass is 280 g/mol. The number of hydrogen-bond donors (Lipinski definition) is 2. The molecular formula is C18H20N2O. The van der Waals surface area contributed by atoms with Crippen LogP contribution in [0.25, 0.3) is 0 Å². The normalized spacial score (nSPS) is 13.6. The maximum Gasteiger partial charge on any atom is 0.255 e. The van der Waals surface area contributed by atoms with Crippen LogP contribution in [0, 0.1) is 0 Å². The minimum absolute atomic E-state index is 0.0448. The number of aryl methyl sites for hydroxylation is 1. The van der Waals surface area contributed by atoms with Crippen molar-refractivity contribution in [3.05, 3.63) is 64.7 Å². The summed E-state index contributed by atoms with van der Waals surface area (Å²) in [6, 6.07) is 14.0. The lowest BCUT2D eigenvalue weighted by Crippen LogP contribution is -2.24. The maximum atomic E-state index is 12.4. The molecule has 1 heterocycles. The van der Waals surface area contributed by atoms with Crippen molar-refractivity contribution in [3.8, 4) is 0 Å². The lowest BCUT2D eigenvalue weighted by Gasteiger charge is -2.17. The first-order chi connectivity index (χ1) is 10.3. The number of rotatable bonds is 3. The molecule has 2 aromatic rings. The van der Waals surface area contributed by atoms with Gasteiger partial charge in [-0.25, -0.2) is 0 Å². The summed E-state index contributed by atoms with van der Waals surface area (Å²) >= 11 is 0. The summed E-state index contributed by atoms with van der Waals surface area (Å²) in [7, 11) is 0. The van der Waals surface area contributed by atoms with Gasteiger partial charge < -0.3 is 10.6 Å². The average Bonchev–Trinajstić information content (AvgIpc) is 2.54. The minimum Gasteiger partial charge on any atom is -0.322 e. The van der Waals surface area contributed by atoms with E-state index in [1.165, 1.54) is 16.7 Å². The molecule has 108 valence electrons. The minimum atomic E-state index is -0.0448. The second kappa shape index (κ2) is 6.10. The van der Waals surface area contributed by atoms with Crippen LogP contribution in [0.4, 0.5) is 5.69 Å². The molecule has 0 unspecified atom stereocenters. The molecular weight excluding hydrogens is 260 g/mol. The summed E-state index contributed by atoms with van der Waals surface area (Å²) in [5, 5.41) is 6.32. The van der Waals surface area contributed by atoms with E-state index in [4.69, 9.17) is 0 Å². The molecule has 0 spiro atoms. The van der Waals surface area contributed by atoms with Crippen LogP contribution in [0.15, 0.2) is 42.5 Å². The molecule has 21 heavy (non-hydrogen) atoms. The Kier molecular flexibility index (Phi) is 4.02. The summed E-state index contributed by atoms with van der Waals surface area (Å²) in [6.07, 6.45) is 2.00. The Morgan fingerprint density at radius 1 is 1.19 bits per heavy atom. The third kappa shape index (κ3) is 3.14. The van der Waals surface area contributed by atoms with Gasteiger partial charge in [0.1, 0.15) is 0 Å². The molecule has 0 aliphatic carbocycles. The zero-order valence-electron chi connectivity index (χ0n) is 12.3. The molecule has 0 fully saturated rings. The Morgan fingerprint density at radius 3 is 2.95 bits per heavy atom. The van der Waals surface area contributed by atoms with Gasteiger partial charge in [-0.05, 0) is 60.3 Å². The van der Waals surface area contributed by atoms with Gasteiger partial charge in [-0.1, -0.05) is 25.1 Å². The highest BCUT2D eigenvalue weighted by atomic mass is 16.1. The van der Waals surface area contributed by atoms with Gasteiger partial charge in [0.05, 0.1) is 0 Å². The Bertz CT molecular complexity index is 664. The highest BCUT2D eigenvalue weighted by Gasteiger charge is 2.12. The first-order valence-corrected chi connectivity index (χ1v) is 7.49. The predicted molar refractivity (Wildman–Crippen MR) is 85.6 cm³/mol. The van der Waals surface area contributed by atoms with Gasteiger partial charge in [-0.2, -0.15) is 0 Å². The molecule has 3 nitrogen and oxygen atoms in total. The Hall–Kier alpha value is -2.13. The van der Waals surface area contributed by atoms with Gasteiger partial charge >= 0.3 is 0 Å². The number of hydrogen-bond acceptors (Lipinski definition) is 2. The quantitative estimate of drug-likeness (QED) is 0.907. The van der Waals surface area contributed by atoms with Gasteiger partial charge in [-0.15, -0.1) is 0 Å². The number of amides is 1. The first kappa shape index (κ1) is 13.8. The molecule has 0 radical (unpaired) electrons. The number of benzene rings is 2. The molecule has 2 aromatic carbocycles. The van der Waals surface area contributed by atoms with E-state index in [0.717, 1.165) is 37.2 Å². The van der Waals surface area contributed by atoms with Crippen LogP contribution in [-0.4, -0.2) is 12.5 Å². The molecule has 2 N–H and O–H groups in total. The average molecular weight is 280 g/mol. The first-order valence-electron chi connectivity index (χ1n) is 7.49. The number of anilines is 1. The van der Waals surface area contributed by atoms with Crippen molar-refractivity contribution in [3.63, 3.8) is 0 Å². The highest BCUT2D eigenvalue weighted by Crippen LogP contribution is 2.18. The van der Waals surface area contributed by atoms with E-state index in [1.54, 1.807) is 0 Å². The fraction of sp³-hybridized carbons (Fsp3) is 0.278. The Labute approximate surface area is 125 Å². The van der Waals surface area contributed by atoms with Crippen molar-refractivity contribution in [1.82, 2.24) is 5.32 Å². The Morgan fingerprint density at radius 2 is 2.10 bits per heavy atom. The van der Waals surface area contributed by atoms with Crippen LogP contribution in [0.5, 0.6) is 0 Å². The number of carbonyl (C=O) groups is 1. The smallest absolute Gasteiger partial charge is 0.255 e. The molecule has 1 aliphatic rings. The van der Waals surface area contributed by atoms with Crippen LogP contribution >= 0.6 is 0 Å². The predicted octanol–water partition coefficient (Wildman–Crippen LogP) is 3.15. The van der Waals surface area contributed by atoms with E-state index >= 15 is 0 Å². The number of fused-ring (bicyclic) bond motifs is 1. The molecule has 0 saturated heterocycles. The topological polar surface area (TPSA) is 41.1 Å². The van der Waals surface area contributed by atoms with E-state index in [2.05, 4.69) is 29.7 Å². The van der Waals surface area contributed by atoms with Crippen LogP contribution < -0.4 is 10.6 Å². The van der Waals surface area contributed by atoms with Gasteiger partial charge in [0, 0.05) is 17.8 Å². The summed E-state index contributed by atoms with van der Waals surface area (Å²) in [6.45, 7) is 3.97. The standard InChI is InChI=1S/C18H20N2O/c1-2-13-4-3-5-17(10-13)20-18(21)15-7-6-14-8-9-19-12-16(14)11-15/h3-7,10-11,19H,2,8-9,12H2,1H3,(H,20,21). The van der Waals surface area contributed by atoms with E-state index in [0.29, 0.717) is 0 Å². The van der Waals surface area contributed by atoms with Crippen molar-refractivity contribution >= 4 is 11.6 Å². The second-order valence-electron chi connectivity index (χ2n) is 5.42. The molecule has 3 rings (SSSR count). The zero-order chi connectivity index (χ0) is 14.7. The van der Waals surface area contributed by atoms with Crippen molar-refractivity contribution in [2.45, 2.75) is 26.3 Å². The third-order valence-corrected chi connectivity index (χ3v) is 3.95. The lowest BCUT2D eigenvalue weighted by molar-refractivity contribution is 0.102. The van der Waals surface area contributed by atoms with E-state index in [9.17, 15) is 4.79 Å². The highest BCUT2D eigenvalue weighted by molar-refractivity contribution is 6.04. The van der Waals surface area contributed by atoms with Crippen molar-refractivity contribution in [2.75, 3.05) is 11.9 Å². The largest absolute Gasteiger partial charge is 0.322 e. The fourth-order valence-electron chi connectivity index (χ4n) is 2.69. The summed E-state index contributed by atoms with van der Waals surface area (Å²) < 4.78 is 0. The molecule has 0 aromatic heterocycles. The van der Waals surface area contributed by atoms with Gasteiger partial charge in [0.15, 0.2) is 0 Å². The van der Waals surface area contributed by atoms with Crippen LogP contribution in [0.3, 0.4) is 0 Å². The molecule has 1 amide bonds. The van der Waals surface area contributed by atoms with E-state index in [1.807, 2.05) is 30.3 Å². The summed E-state index contributed by atoms with van der Waals surface area (Å²) in [4.78, 5) is 12.4. The fourth-order valence-corrected chi connectivity index (χ4v) is 2.69. The summed E-state index contributed by atoms with van der Waals surface area (Å²) in [5.41, 5.74) is 5.38. The van der Waals surface area contributed by atoms with Gasteiger partial charge in [0.2, 0.25) is 0 Å². The lowest BCUT2D eigenvalue weighted by atomic mass is 9.98. The second-order valence-corrected chi connectivity index (χ2v) is 5.42. The van der Waals surface area contributed by atoms with Gasteiger partial charge in [0.25, 0.3) is 5.91 Å². The van der Waals surface area contributed by atoms with Crippen LogP contribution in [0.1, 0.15) is 34.0 Å². The van der Waals surface area contributed by atoms with Crippen LogP contribution in [0.2, 0.25) is 0 Å². The third-order valence-electron chi connectivity index (χ3n) is 3.95. The maximum absolute atomic E-state index is 12.4. The summed E-state index contributed by atoms with van der Waals surface area (Å²) in [5.74, 6) is -0.0448. The zero-order valence-corrected chi connectivity index (χ0v) is 12.3. The van der Waals surface area contributed by atoms with Crippen molar-refractivity contribution in [2.24, 2.45) is 0 Å².